The van der Waals surface area contributed by atoms with Crippen molar-refractivity contribution in [1.29, 1.82) is 0 Å². The highest BCUT2D eigenvalue weighted by Gasteiger charge is 2.25. The molecule has 0 aromatic heterocycles. The van der Waals surface area contributed by atoms with Gasteiger partial charge in [0.2, 0.25) is 0 Å². The molecule has 0 saturated carbocycles. The summed E-state index contributed by atoms with van der Waals surface area (Å²) in [6, 6.07) is 0. The molecule has 3 fully saturated rings. The lowest BCUT2D eigenvalue weighted by Gasteiger charge is -2.09. The molecule has 3 saturated heterocycles. The van der Waals surface area contributed by atoms with Crippen molar-refractivity contribution in [2.45, 2.75) is 0 Å². The SMILES string of the molecule is CN=C1CN(P)CC1CNPP.NC=C1CN(P)CC1=O.O=C1CN(P)CC1=CNPP. The van der Waals surface area contributed by atoms with Crippen LogP contribution in [0.4, 0.5) is 0 Å². The van der Waals surface area contributed by atoms with Crippen molar-refractivity contribution in [2.24, 2.45) is 16.6 Å². The van der Waals surface area contributed by atoms with E-state index in [0.29, 0.717) is 39.5 Å². The van der Waals surface area contributed by atoms with Gasteiger partial charge in [-0.1, -0.05) is 46.0 Å². The van der Waals surface area contributed by atoms with Crippen molar-refractivity contribution in [1.82, 2.24) is 24.2 Å². The number of hydrogen-bond acceptors (Lipinski definition) is 9. The van der Waals surface area contributed by atoms with Crippen LogP contribution in [-0.4, -0.2) is 84.2 Å². The van der Waals surface area contributed by atoms with E-state index in [-0.39, 0.29) is 11.6 Å². The standard InChI is InChI=1S/C6H16N3P3.C5H11N2OP3.C5H9N2OP/c1-7-6-4-9(10)3-5(6)2-8-12-11;8-5-3-7(9)2-4(5)1-6-11-10;6-1-4-2-7(9)3-5(4)8/h5,8,12H,2-4,10-11H2,1H3;1,6,11H,2-3,9-10H2;1H,2-3,6,9H2. The van der Waals surface area contributed by atoms with Crippen molar-refractivity contribution in [2.75, 3.05) is 52.9 Å². The molecule has 0 aliphatic carbocycles. The van der Waals surface area contributed by atoms with E-state index in [4.69, 9.17) is 5.73 Å². The Morgan fingerprint density at radius 1 is 1.00 bits per heavy atom. The Labute approximate surface area is 206 Å². The molecule has 0 radical (unpaired) electrons. The highest BCUT2D eigenvalue weighted by Crippen LogP contribution is 2.20. The van der Waals surface area contributed by atoms with Crippen LogP contribution in [0.25, 0.3) is 0 Å². The van der Waals surface area contributed by atoms with Gasteiger partial charge in [0.25, 0.3) is 0 Å². The minimum Gasteiger partial charge on any atom is -0.404 e. The maximum Gasteiger partial charge on any atom is 0.175 e. The number of carbonyl (C=O) groups is 2. The second-order valence-corrected chi connectivity index (χ2v) is 12.3. The zero-order valence-electron chi connectivity index (χ0n) is 18.3. The Morgan fingerprint density at radius 2 is 1.59 bits per heavy atom. The fourth-order valence-electron chi connectivity index (χ4n) is 3.11. The first-order valence-electron chi connectivity index (χ1n) is 9.75. The van der Waals surface area contributed by atoms with Crippen molar-refractivity contribution in [3.8, 4) is 0 Å². The summed E-state index contributed by atoms with van der Waals surface area (Å²) in [5, 5.41) is 6.36. The van der Waals surface area contributed by atoms with E-state index in [1.54, 1.807) is 6.20 Å². The van der Waals surface area contributed by atoms with Crippen LogP contribution < -0.4 is 15.9 Å². The maximum absolute atomic E-state index is 11.1. The van der Waals surface area contributed by atoms with E-state index in [2.05, 4.69) is 65.9 Å². The van der Waals surface area contributed by atoms with Gasteiger partial charge in [0.1, 0.15) is 0 Å². The highest BCUT2D eigenvalue weighted by atomic mass is 32.0. The van der Waals surface area contributed by atoms with Gasteiger partial charge in [-0.15, -0.1) is 0 Å². The molecular weight excluding hydrogens is 539 g/mol. The van der Waals surface area contributed by atoms with E-state index < -0.39 is 0 Å². The Balaban J connectivity index is 0.000000242. The summed E-state index contributed by atoms with van der Waals surface area (Å²) in [5.41, 5.74) is 8.07. The van der Waals surface area contributed by atoms with Crippen LogP contribution in [0.5, 0.6) is 0 Å². The van der Waals surface area contributed by atoms with Crippen LogP contribution in [0, 0.1) is 5.92 Å². The van der Waals surface area contributed by atoms with Crippen LogP contribution in [0.3, 0.4) is 0 Å². The quantitative estimate of drug-likeness (QED) is 0.327. The highest BCUT2D eigenvalue weighted by molar-refractivity contribution is 8.02. The second-order valence-electron chi connectivity index (χ2n) is 7.17. The van der Waals surface area contributed by atoms with E-state index in [1.807, 2.05) is 16.4 Å². The van der Waals surface area contributed by atoms with Crippen LogP contribution >= 0.6 is 62.9 Å². The van der Waals surface area contributed by atoms with E-state index in [1.165, 1.54) is 11.9 Å². The van der Waals surface area contributed by atoms with Crippen LogP contribution in [0.2, 0.25) is 0 Å². The fourth-order valence-corrected chi connectivity index (χ4v) is 5.50. The van der Waals surface area contributed by atoms with Crippen molar-refractivity contribution in [3.05, 3.63) is 23.5 Å². The minimum absolute atomic E-state index is 0.132. The fraction of sp³-hybridized carbons (Fsp3) is 0.562. The van der Waals surface area contributed by atoms with Gasteiger partial charge < -0.3 is 10.8 Å². The Kier molecular flexibility index (Phi) is 16.8. The molecule has 0 bridgehead atoms. The van der Waals surface area contributed by atoms with Gasteiger partial charge in [-0.25, -0.2) is 0 Å². The molecular formula is C16H36N7O2P7. The first-order valence-corrected chi connectivity index (χ1v) is 16.9. The summed E-state index contributed by atoms with van der Waals surface area (Å²) in [6.07, 6.45) is 3.18. The lowest BCUT2D eigenvalue weighted by Crippen LogP contribution is -2.22. The third kappa shape index (κ3) is 11.6. The lowest BCUT2D eigenvalue weighted by molar-refractivity contribution is -0.114. The molecule has 0 aromatic carbocycles. The summed E-state index contributed by atoms with van der Waals surface area (Å²) < 4.78 is 6.00. The number of ketones is 2. The normalized spacial score (nSPS) is 26.7. The second kappa shape index (κ2) is 17.4. The van der Waals surface area contributed by atoms with Gasteiger partial charge in [0.05, 0.1) is 13.1 Å². The molecule has 0 aromatic rings. The molecule has 3 rings (SSSR count). The van der Waals surface area contributed by atoms with Crippen LogP contribution in [0.1, 0.15) is 0 Å². The molecule has 0 amide bonds. The molecule has 8 unspecified atom stereocenters. The smallest absolute Gasteiger partial charge is 0.175 e. The molecule has 0 spiro atoms. The number of aliphatic imine (C=N–C) groups is 1. The average Bonchev–Trinajstić information content (AvgIpc) is 3.40. The number of hydrogen-bond donors (Lipinski definition) is 3. The van der Waals surface area contributed by atoms with Gasteiger partial charge in [0, 0.05) is 74.9 Å². The Bertz CT molecular complexity index is 723. The first kappa shape index (κ1) is 31.0. The third-order valence-corrected chi connectivity index (χ3v) is 7.67. The number of nitrogens with zero attached hydrogens (tertiary/aromatic N) is 4. The molecule has 16 heteroatoms. The number of nitrogens with one attached hydrogen (secondary N) is 2. The van der Waals surface area contributed by atoms with Gasteiger partial charge in [-0.05, 0) is 16.8 Å². The molecule has 9 nitrogen and oxygen atoms in total. The number of nitrogens with two attached hydrogens (primary N) is 1. The first-order chi connectivity index (χ1) is 15.2. The summed E-state index contributed by atoms with van der Waals surface area (Å²) in [5.74, 6) is 0.962. The zero-order valence-corrected chi connectivity index (χ0v) is 26.0. The van der Waals surface area contributed by atoms with Crippen LogP contribution in [0.15, 0.2) is 28.5 Å². The summed E-state index contributed by atoms with van der Waals surface area (Å²) in [7, 11) is 16.2. The van der Waals surface area contributed by atoms with E-state index in [0.717, 1.165) is 40.2 Å². The van der Waals surface area contributed by atoms with Crippen molar-refractivity contribution >= 4 is 80.1 Å². The Hall–Kier alpha value is 0.940. The zero-order chi connectivity index (χ0) is 24.1. The monoisotopic (exact) mass is 575 g/mol. The number of rotatable bonds is 5. The van der Waals surface area contributed by atoms with Crippen molar-refractivity contribution < 1.29 is 9.59 Å². The van der Waals surface area contributed by atoms with Gasteiger partial charge in [-0.2, -0.15) is 0 Å². The number of Topliss-reactive ketones (excluding diaryl/α,β-unsaturated/α-hetero) is 2. The lowest BCUT2D eigenvalue weighted by atomic mass is 10.1. The van der Waals surface area contributed by atoms with Gasteiger partial charge in [-0.3, -0.25) is 33.7 Å². The Morgan fingerprint density at radius 3 is 2.00 bits per heavy atom. The van der Waals surface area contributed by atoms with Gasteiger partial charge >= 0.3 is 0 Å². The predicted octanol–water partition coefficient (Wildman–Crippen LogP) is 0.774. The molecule has 3 aliphatic heterocycles. The predicted molar refractivity (Wildman–Crippen MR) is 158 cm³/mol. The average molecular weight is 575 g/mol. The maximum atomic E-state index is 11.1. The molecule has 3 heterocycles. The largest absolute Gasteiger partial charge is 0.404 e. The molecule has 8 atom stereocenters. The van der Waals surface area contributed by atoms with E-state index >= 15 is 0 Å². The summed E-state index contributed by atoms with van der Waals surface area (Å²) >= 11 is 0. The summed E-state index contributed by atoms with van der Waals surface area (Å²) in [4.78, 5) is 26.2. The topological polar surface area (TPSA) is 106 Å². The molecule has 3 aliphatic rings. The van der Waals surface area contributed by atoms with E-state index in [9.17, 15) is 9.59 Å². The third-order valence-electron chi connectivity index (χ3n) is 4.72. The number of carbonyl (C=O) groups excluding carboxylic acids is 2. The van der Waals surface area contributed by atoms with Crippen molar-refractivity contribution in [3.63, 3.8) is 0 Å². The molecule has 182 valence electrons. The minimum atomic E-state index is 0.132. The molecule has 32 heavy (non-hydrogen) atoms. The van der Waals surface area contributed by atoms with Crippen LogP contribution in [-0.2, 0) is 9.59 Å². The summed E-state index contributed by atoms with van der Waals surface area (Å²) in [6.45, 7) is 5.59. The van der Waals surface area contributed by atoms with Gasteiger partial charge in [0.15, 0.2) is 11.6 Å². The molecule has 4 N–H and O–H groups in total.